The Balaban J connectivity index is 2.06. The molecule has 0 saturated carbocycles. The van der Waals surface area contributed by atoms with Crippen LogP contribution in [0.2, 0.25) is 5.02 Å². The van der Waals surface area contributed by atoms with Crippen LogP contribution in [0, 0.1) is 0 Å². The highest BCUT2D eigenvalue weighted by atomic mass is 35.5. The van der Waals surface area contributed by atoms with Crippen molar-refractivity contribution in [2.24, 2.45) is 0 Å². The Morgan fingerprint density at radius 1 is 1.17 bits per heavy atom. The van der Waals surface area contributed by atoms with Gasteiger partial charge in [0.15, 0.2) is 0 Å². The topological polar surface area (TPSA) is 88.2 Å². The summed E-state index contributed by atoms with van der Waals surface area (Å²) in [7, 11) is -1.26. The van der Waals surface area contributed by atoms with Gasteiger partial charge >= 0.3 is 0 Å². The van der Waals surface area contributed by atoms with Crippen LogP contribution < -0.4 is 10.6 Å². The lowest BCUT2D eigenvalue weighted by Gasteiger charge is -2.17. The first-order chi connectivity index (χ1) is 14.4. The molecule has 30 heavy (non-hydrogen) atoms. The van der Waals surface area contributed by atoms with E-state index in [0.717, 1.165) is 23.1 Å². The Kier molecular flexibility index (Phi) is 7.26. The van der Waals surface area contributed by atoms with E-state index in [1.807, 2.05) is 32.9 Å². The minimum atomic E-state index is -1.26. The summed E-state index contributed by atoms with van der Waals surface area (Å²) in [5.74, 6) is -0.403. The van der Waals surface area contributed by atoms with Gasteiger partial charge in [-0.15, -0.1) is 0 Å². The van der Waals surface area contributed by atoms with Gasteiger partial charge < -0.3 is 10.6 Å². The van der Waals surface area contributed by atoms with Gasteiger partial charge in [0, 0.05) is 23.0 Å². The Labute approximate surface area is 184 Å². The van der Waals surface area contributed by atoms with Gasteiger partial charge in [0.1, 0.15) is 10.7 Å². The largest absolute Gasteiger partial charge is 0.352 e. The molecule has 0 fully saturated rings. The third-order valence-electron chi connectivity index (χ3n) is 5.14. The van der Waals surface area contributed by atoms with Crippen LogP contribution in [0.25, 0.3) is 0 Å². The number of anilines is 1. The molecule has 6 nitrogen and oxygen atoms in total. The molecule has 3 rings (SSSR count). The van der Waals surface area contributed by atoms with Gasteiger partial charge in [0.2, 0.25) is 0 Å². The molecular weight excluding hydrogens is 422 g/mol. The fourth-order valence-corrected chi connectivity index (χ4v) is 5.07. The second kappa shape index (κ2) is 9.71. The zero-order chi connectivity index (χ0) is 21.8. The number of hydrogen-bond acceptors (Lipinski definition) is 4. The van der Waals surface area contributed by atoms with Crippen LogP contribution in [0.3, 0.4) is 0 Å². The van der Waals surface area contributed by atoms with Crippen molar-refractivity contribution in [1.29, 1.82) is 0 Å². The van der Waals surface area contributed by atoms with Crippen LogP contribution in [-0.4, -0.2) is 33.3 Å². The van der Waals surface area contributed by atoms with Crippen molar-refractivity contribution in [1.82, 2.24) is 10.3 Å². The number of aromatic nitrogens is 1. The molecule has 1 aliphatic heterocycles. The number of nitrogens with zero attached hydrogens (tertiary/aromatic N) is 1. The number of carbonyl (C=O) groups excluding carboxylic acids is 2. The third-order valence-corrected chi connectivity index (χ3v) is 6.86. The molecule has 0 radical (unpaired) electrons. The highest BCUT2D eigenvalue weighted by Gasteiger charge is 2.28. The predicted octanol–water partition coefficient (Wildman–Crippen LogP) is 3.92. The van der Waals surface area contributed by atoms with Crippen molar-refractivity contribution in [2.45, 2.75) is 51.5 Å². The monoisotopic (exact) mass is 447 g/mol. The smallest absolute Gasteiger partial charge is 0.275 e. The zero-order valence-corrected chi connectivity index (χ0v) is 19.0. The first-order valence-electron chi connectivity index (χ1n) is 10.2. The second-order valence-electron chi connectivity index (χ2n) is 7.13. The average Bonchev–Trinajstić information content (AvgIpc) is 3.11. The highest BCUT2D eigenvalue weighted by Crippen LogP contribution is 2.31. The normalized spacial score (nSPS) is 15.0. The number of rotatable bonds is 7. The maximum atomic E-state index is 13.3. The van der Waals surface area contributed by atoms with Gasteiger partial charge in [0.05, 0.1) is 16.4 Å². The van der Waals surface area contributed by atoms with E-state index in [2.05, 4.69) is 15.6 Å². The van der Waals surface area contributed by atoms with E-state index in [-0.39, 0.29) is 17.2 Å². The van der Waals surface area contributed by atoms with Crippen LogP contribution >= 0.6 is 11.6 Å². The SMILES string of the molecule is CCCNC(=O)c1cc2c(nc1C(=O)Nc1c(CC)ccc(Cl)c1CC)S(=O)CC2. The molecule has 1 aliphatic rings. The average molecular weight is 448 g/mol. The van der Waals surface area contributed by atoms with Gasteiger partial charge in [0.25, 0.3) is 11.8 Å². The summed E-state index contributed by atoms with van der Waals surface area (Å²) in [6.07, 6.45) is 2.72. The van der Waals surface area contributed by atoms with E-state index in [1.165, 1.54) is 0 Å². The number of pyridine rings is 1. The van der Waals surface area contributed by atoms with Crippen molar-refractivity contribution in [3.05, 3.63) is 51.2 Å². The number of carbonyl (C=O) groups is 2. The minimum absolute atomic E-state index is 0.0123. The maximum Gasteiger partial charge on any atom is 0.275 e. The number of amides is 2. The highest BCUT2D eigenvalue weighted by molar-refractivity contribution is 7.85. The Hall–Kier alpha value is -2.25. The first kappa shape index (κ1) is 22.4. The van der Waals surface area contributed by atoms with Crippen molar-refractivity contribution < 1.29 is 13.8 Å². The first-order valence-corrected chi connectivity index (χ1v) is 11.9. The van der Waals surface area contributed by atoms with Gasteiger partial charge in [-0.2, -0.15) is 0 Å². The van der Waals surface area contributed by atoms with E-state index in [1.54, 1.807) is 6.07 Å². The van der Waals surface area contributed by atoms with Gasteiger partial charge in [-0.25, -0.2) is 4.98 Å². The molecule has 160 valence electrons. The van der Waals surface area contributed by atoms with E-state index < -0.39 is 16.7 Å². The molecule has 2 aromatic rings. The molecule has 8 heteroatoms. The standard InChI is InChI=1S/C22H26ClN3O3S/c1-4-10-24-20(27)16-12-14-9-11-30(29)22(14)26-19(16)21(28)25-18-13(5-2)7-8-17(23)15(18)6-3/h7-8,12H,4-6,9-11H2,1-3H3,(H,24,27)(H,25,28). The zero-order valence-electron chi connectivity index (χ0n) is 17.4. The lowest BCUT2D eigenvalue weighted by Crippen LogP contribution is -2.28. The fraction of sp³-hybridized carbons (Fsp3) is 0.409. The van der Waals surface area contributed by atoms with E-state index >= 15 is 0 Å². The number of fused-ring (bicyclic) bond motifs is 1. The predicted molar refractivity (Wildman–Crippen MR) is 120 cm³/mol. The molecule has 0 aliphatic carbocycles. The van der Waals surface area contributed by atoms with Crippen LogP contribution in [0.1, 0.15) is 64.7 Å². The van der Waals surface area contributed by atoms with Crippen molar-refractivity contribution >= 4 is 39.9 Å². The maximum absolute atomic E-state index is 13.3. The molecule has 2 N–H and O–H groups in total. The molecule has 1 aromatic heterocycles. The third kappa shape index (κ3) is 4.42. The molecule has 2 heterocycles. The van der Waals surface area contributed by atoms with Gasteiger partial charge in [-0.1, -0.05) is 38.4 Å². The van der Waals surface area contributed by atoms with Crippen LogP contribution in [-0.2, 0) is 30.1 Å². The van der Waals surface area contributed by atoms with E-state index in [4.69, 9.17) is 11.6 Å². The molecule has 0 saturated heterocycles. The van der Waals surface area contributed by atoms with E-state index in [0.29, 0.717) is 47.3 Å². The number of halogens is 1. The summed E-state index contributed by atoms with van der Waals surface area (Å²) < 4.78 is 12.3. The molecule has 1 atom stereocenters. The van der Waals surface area contributed by atoms with E-state index in [9.17, 15) is 13.8 Å². The summed E-state index contributed by atoms with van der Waals surface area (Å²) >= 11 is 6.35. The fourth-order valence-electron chi connectivity index (χ4n) is 3.53. The van der Waals surface area contributed by atoms with Crippen molar-refractivity contribution in [2.75, 3.05) is 17.6 Å². The molecule has 0 spiro atoms. The minimum Gasteiger partial charge on any atom is -0.352 e. The summed E-state index contributed by atoms with van der Waals surface area (Å²) in [4.78, 5) is 30.4. The molecule has 1 unspecified atom stereocenters. The number of aryl methyl sites for hydroxylation is 2. The van der Waals surface area contributed by atoms with Crippen LogP contribution in [0.4, 0.5) is 5.69 Å². The molecular formula is C22H26ClN3O3S. The summed E-state index contributed by atoms with van der Waals surface area (Å²) in [5, 5.41) is 6.71. The van der Waals surface area contributed by atoms with Crippen molar-refractivity contribution in [3.8, 4) is 0 Å². The van der Waals surface area contributed by atoms with Crippen molar-refractivity contribution in [3.63, 3.8) is 0 Å². The molecule has 0 bridgehead atoms. The Bertz CT molecular complexity index is 1020. The lowest BCUT2D eigenvalue weighted by atomic mass is 10.0. The molecule has 2 amide bonds. The summed E-state index contributed by atoms with van der Waals surface area (Å²) in [6, 6.07) is 5.37. The number of benzene rings is 1. The number of nitrogens with one attached hydrogen (secondary N) is 2. The molecule has 1 aromatic carbocycles. The quantitative estimate of drug-likeness (QED) is 0.673. The Morgan fingerprint density at radius 2 is 1.93 bits per heavy atom. The van der Waals surface area contributed by atoms with Crippen LogP contribution in [0.5, 0.6) is 0 Å². The van der Waals surface area contributed by atoms with Crippen LogP contribution in [0.15, 0.2) is 23.2 Å². The Morgan fingerprint density at radius 3 is 2.60 bits per heavy atom. The van der Waals surface area contributed by atoms with Gasteiger partial charge in [-0.3, -0.25) is 13.8 Å². The summed E-state index contributed by atoms with van der Waals surface area (Å²) in [5.41, 5.74) is 3.40. The number of hydrogen-bond donors (Lipinski definition) is 2. The summed E-state index contributed by atoms with van der Waals surface area (Å²) in [6.45, 7) is 6.42. The second-order valence-corrected chi connectivity index (χ2v) is 9.02. The van der Waals surface area contributed by atoms with Gasteiger partial charge in [-0.05, 0) is 54.5 Å². The lowest BCUT2D eigenvalue weighted by molar-refractivity contribution is 0.0938.